The van der Waals surface area contributed by atoms with Crippen LogP contribution in [0.5, 0.6) is 23.0 Å². The molecule has 0 aliphatic carbocycles. The van der Waals surface area contributed by atoms with Gasteiger partial charge < -0.3 is 18.9 Å². The Kier molecular flexibility index (Phi) is 7.50. The van der Waals surface area contributed by atoms with Crippen LogP contribution in [0.15, 0.2) is 41.8 Å². The normalized spacial score (nSPS) is 10.2. The molecule has 10 heteroatoms. The second kappa shape index (κ2) is 10.5. The average Bonchev–Trinajstić information content (AvgIpc) is 3.30. The van der Waals surface area contributed by atoms with E-state index in [9.17, 15) is 9.59 Å². The standard InChI is InChI=1S/C22H23N3O6S/c1-13-5-7-15(8-6-13)31-11-19-23-16(12-32-19)22(27)25-24-21(26)14-9-17(28-2)20(30-4)18(10-14)29-3/h5-10,12H,11H2,1-4H3,(H,24,26)(H,25,27). The zero-order valence-electron chi connectivity index (χ0n) is 18.1. The molecule has 0 aliphatic rings. The quantitative estimate of drug-likeness (QED) is 0.500. The Bertz CT molecular complexity index is 1070. The number of hydrazine groups is 1. The number of methoxy groups -OCH3 is 3. The van der Waals surface area contributed by atoms with Gasteiger partial charge in [0.1, 0.15) is 23.1 Å². The van der Waals surface area contributed by atoms with Gasteiger partial charge in [0.2, 0.25) is 5.75 Å². The third kappa shape index (κ3) is 5.46. The molecular formula is C22H23N3O6S. The number of aryl methyl sites for hydroxylation is 1. The molecule has 0 spiro atoms. The third-order valence-electron chi connectivity index (χ3n) is 4.38. The Balaban J connectivity index is 1.58. The Morgan fingerprint density at radius 1 is 0.938 bits per heavy atom. The Morgan fingerprint density at radius 3 is 2.16 bits per heavy atom. The highest BCUT2D eigenvalue weighted by Gasteiger charge is 2.18. The van der Waals surface area contributed by atoms with Crippen molar-refractivity contribution in [2.24, 2.45) is 0 Å². The van der Waals surface area contributed by atoms with Crippen molar-refractivity contribution in [3.05, 3.63) is 63.6 Å². The van der Waals surface area contributed by atoms with E-state index >= 15 is 0 Å². The van der Waals surface area contributed by atoms with Gasteiger partial charge in [0.15, 0.2) is 11.5 Å². The first kappa shape index (κ1) is 22.9. The largest absolute Gasteiger partial charge is 0.493 e. The van der Waals surface area contributed by atoms with E-state index in [1.54, 1.807) is 5.38 Å². The lowest BCUT2D eigenvalue weighted by atomic mass is 10.1. The zero-order chi connectivity index (χ0) is 23.1. The van der Waals surface area contributed by atoms with Crippen LogP contribution in [0, 0.1) is 6.92 Å². The Morgan fingerprint density at radius 2 is 1.56 bits per heavy atom. The maximum Gasteiger partial charge on any atom is 0.289 e. The molecule has 0 unspecified atom stereocenters. The molecule has 0 saturated carbocycles. The van der Waals surface area contributed by atoms with Gasteiger partial charge in [-0.15, -0.1) is 11.3 Å². The van der Waals surface area contributed by atoms with Crippen molar-refractivity contribution >= 4 is 23.2 Å². The summed E-state index contributed by atoms with van der Waals surface area (Å²) < 4.78 is 21.4. The van der Waals surface area contributed by atoms with Crippen molar-refractivity contribution in [3.8, 4) is 23.0 Å². The minimum absolute atomic E-state index is 0.169. The highest BCUT2D eigenvalue weighted by atomic mass is 32.1. The second-order valence-electron chi connectivity index (χ2n) is 6.55. The molecule has 9 nitrogen and oxygen atoms in total. The number of benzene rings is 2. The van der Waals surface area contributed by atoms with Crippen LogP contribution in [0.3, 0.4) is 0 Å². The molecule has 0 bridgehead atoms. The number of carbonyl (C=O) groups is 2. The van der Waals surface area contributed by atoms with Gasteiger partial charge in [0.25, 0.3) is 11.8 Å². The van der Waals surface area contributed by atoms with Crippen molar-refractivity contribution in [2.45, 2.75) is 13.5 Å². The summed E-state index contributed by atoms with van der Waals surface area (Å²) in [5.74, 6) is 0.606. The summed E-state index contributed by atoms with van der Waals surface area (Å²) in [6.07, 6.45) is 0. The summed E-state index contributed by atoms with van der Waals surface area (Å²) in [5, 5.41) is 2.22. The molecule has 3 aromatic rings. The Labute approximate surface area is 189 Å². The molecule has 1 aromatic heterocycles. The van der Waals surface area contributed by atoms with Gasteiger partial charge in [0, 0.05) is 10.9 Å². The predicted molar refractivity (Wildman–Crippen MR) is 119 cm³/mol. The lowest BCUT2D eigenvalue weighted by molar-refractivity contribution is 0.0844. The van der Waals surface area contributed by atoms with Crippen molar-refractivity contribution in [3.63, 3.8) is 0 Å². The molecule has 2 aromatic carbocycles. The van der Waals surface area contributed by atoms with Crippen LogP contribution < -0.4 is 29.8 Å². The molecule has 0 aliphatic heterocycles. The number of aromatic nitrogens is 1. The van der Waals surface area contributed by atoms with E-state index < -0.39 is 11.8 Å². The van der Waals surface area contributed by atoms with E-state index in [0.29, 0.717) is 22.3 Å². The van der Waals surface area contributed by atoms with E-state index in [2.05, 4.69) is 15.8 Å². The smallest absolute Gasteiger partial charge is 0.289 e. The highest BCUT2D eigenvalue weighted by Crippen LogP contribution is 2.38. The van der Waals surface area contributed by atoms with Crippen molar-refractivity contribution in [1.82, 2.24) is 15.8 Å². The maximum atomic E-state index is 12.5. The molecule has 0 saturated heterocycles. The number of nitrogens with zero attached hydrogens (tertiary/aromatic N) is 1. The van der Waals surface area contributed by atoms with Crippen molar-refractivity contribution in [1.29, 1.82) is 0 Å². The van der Waals surface area contributed by atoms with Crippen LogP contribution in [-0.4, -0.2) is 38.1 Å². The highest BCUT2D eigenvalue weighted by molar-refractivity contribution is 7.09. The molecule has 1 heterocycles. The number of nitrogens with one attached hydrogen (secondary N) is 2. The van der Waals surface area contributed by atoms with Crippen molar-refractivity contribution in [2.75, 3.05) is 21.3 Å². The first-order valence-electron chi connectivity index (χ1n) is 9.49. The fourth-order valence-electron chi connectivity index (χ4n) is 2.72. The lowest BCUT2D eigenvalue weighted by Crippen LogP contribution is -2.41. The minimum Gasteiger partial charge on any atom is -0.493 e. The molecule has 3 rings (SSSR count). The summed E-state index contributed by atoms with van der Waals surface area (Å²) in [7, 11) is 4.36. The summed E-state index contributed by atoms with van der Waals surface area (Å²) in [6, 6.07) is 10.6. The second-order valence-corrected chi connectivity index (χ2v) is 7.49. The summed E-state index contributed by atoms with van der Waals surface area (Å²) in [5.41, 5.74) is 6.22. The fourth-order valence-corrected chi connectivity index (χ4v) is 3.41. The molecule has 32 heavy (non-hydrogen) atoms. The number of ether oxygens (including phenoxy) is 4. The van der Waals surface area contributed by atoms with Gasteiger partial charge in [-0.1, -0.05) is 17.7 Å². The third-order valence-corrected chi connectivity index (χ3v) is 5.21. The van der Waals surface area contributed by atoms with Gasteiger partial charge in [-0.2, -0.15) is 0 Å². The SMILES string of the molecule is COc1cc(C(=O)NNC(=O)c2csc(COc3ccc(C)cc3)n2)cc(OC)c1OC. The van der Waals surface area contributed by atoms with E-state index in [1.165, 1.54) is 44.8 Å². The zero-order valence-corrected chi connectivity index (χ0v) is 18.9. The Hall–Kier alpha value is -3.79. The summed E-state index contributed by atoms with van der Waals surface area (Å²) in [6.45, 7) is 2.23. The molecule has 168 valence electrons. The van der Waals surface area contributed by atoms with Crippen molar-refractivity contribution < 1.29 is 28.5 Å². The number of amides is 2. The molecular weight excluding hydrogens is 434 g/mol. The predicted octanol–water partition coefficient (Wildman–Crippen LogP) is 3.13. The molecule has 0 radical (unpaired) electrons. The van der Waals surface area contributed by atoms with Gasteiger partial charge >= 0.3 is 0 Å². The van der Waals surface area contributed by atoms with Crippen LogP contribution in [0.1, 0.15) is 31.4 Å². The van der Waals surface area contributed by atoms with E-state index in [0.717, 1.165) is 11.3 Å². The summed E-state index contributed by atoms with van der Waals surface area (Å²) in [4.78, 5) is 29.1. The van der Waals surface area contributed by atoms with E-state index in [1.807, 2.05) is 31.2 Å². The maximum absolute atomic E-state index is 12.5. The van der Waals surface area contributed by atoms with Gasteiger partial charge in [0.05, 0.1) is 21.3 Å². The number of thiazole rings is 1. The molecule has 0 atom stereocenters. The summed E-state index contributed by atoms with van der Waals surface area (Å²) >= 11 is 1.29. The van der Waals surface area contributed by atoms with Gasteiger partial charge in [-0.25, -0.2) is 4.98 Å². The van der Waals surface area contributed by atoms with Crippen LogP contribution >= 0.6 is 11.3 Å². The van der Waals surface area contributed by atoms with Crippen LogP contribution in [0.25, 0.3) is 0 Å². The first-order chi connectivity index (χ1) is 15.4. The van der Waals surface area contributed by atoms with Gasteiger partial charge in [-0.05, 0) is 31.2 Å². The lowest BCUT2D eigenvalue weighted by Gasteiger charge is -2.14. The molecule has 2 amide bonds. The van der Waals surface area contributed by atoms with Crippen LogP contribution in [-0.2, 0) is 6.61 Å². The monoisotopic (exact) mass is 457 g/mol. The fraction of sp³-hybridized carbons (Fsp3) is 0.227. The topological polar surface area (TPSA) is 108 Å². The number of carbonyl (C=O) groups excluding carboxylic acids is 2. The van der Waals surface area contributed by atoms with Crippen LogP contribution in [0.2, 0.25) is 0 Å². The number of hydrogen-bond donors (Lipinski definition) is 2. The van der Waals surface area contributed by atoms with E-state index in [-0.39, 0.29) is 17.9 Å². The number of rotatable bonds is 8. The molecule has 2 N–H and O–H groups in total. The minimum atomic E-state index is -0.559. The van der Waals surface area contributed by atoms with Gasteiger partial charge in [-0.3, -0.25) is 20.4 Å². The molecule has 0 fully saturated rings. The number of hydrogen-bond acceptors (Lipinski definition) is 8. The van der Waals surface area contributed by atoms with E-state index in [4.69, 9.17) is 18.9 Å². The first-order valence-corrected chi connectivity index (χ1v) is 10.4. The average molecular weight is 458 g/mol. The van der Waals surface area contributed by atoms with Crippen LogP contribution in [0.4, 0.5) is 0 Å².